The minimum absolute atomic E-state index is 0.309. The number of nitrogens with one attached hydrogen (secondary N) is 1. The molecule has 0 saturated carbocycles. The second kappa shape index (κ2) is 8.65. The molecule has 0 radical (unpaired) electrons. The van der Waals surface area contributed by atoms with Crippen molar-refractivity contribution in [2.24, 2.45) is 5.10 Å². The molecule has 2 aromatic heterocycles. The van der Waals surface area contributed by atoms with E-state index in [4.69, 9.17) is 5.10 Å². The molecule has 0 fully saturated rings. The highest BCUT2D eigenvalue weighted by Gasteiger charge is 2.11. The number of carbonyl (C=O) groups is 1. The van der Waals surface area contributed by atoms with Gasteiger partial charge in [0.2, 0.25) is 0 Å². The third-order valence-electron chi connectivity index (χ3n) is 5.01. The number of fused-ring (bicyclic) bond motifs is 1. The molecule has 0 unspecified atom stereocenters. The van der Waals surface area contributed by atoms with Crippen molar-refractivity contribution in [2.45, 2.75) is 0 Å². The summed E-state index contributed by atoms with van der Waals surface area (Å²) < 4.78 is 1.80. The van der Waals surface area contributed by atoms with Crippen LogP contribution < -0.4 is 5.43 Å². The van der Waals surface area contributed by atoms with Gasteiger partial charge >= 0.3 is 0 Å². The van der Waals surface area contributed by atoms with E-state index in [-0.39, 0.29) is 5.91 Å². The monoisotopic (exact) mass is 417 g/mol. The van der Waals surface area contributed by atoms with Gasteiger partial charge in [-0.2, -0.15) is 10.2 Å². The zero-order valence-corrected chi connectivity index (χ0v) is 17.1. The van der Waals surface area contributed by atoms with Gasteiger partial charge in [0.25, 0.3) is 5.91 Å². The van der Waals surface area contributed by atoms with Gasteiger partial charge in [0.15, 0.2) is 0 Å². The smallest absolute Gasteiger partial charge is 0.266 e. The molecule has 154 valence electrons. The van der Waals surface area contributed by atoms with Crippen LogP contribution in [0.3, 0.4) is 0 Å². The highest BCUT2D eigenvalue weighted by molar-refractivity contribution is 5.96. The lowest BCUT2D eigenvalue weighted by atomic mass is 10.1. The Morgan fingerprint density at radius 1 is 0.844 bits per heavy atom. The molecule has 1 amide bonds. The fraction of sp³-hybridized carbons (Fsp3) is 0. The zero-order chi connectivity index (χ0) is 21.8. The number of benzene rings is 3. The molecule has 0 aliphatic rings. The molecule has 5 aromatic rings. The Hall–Kier alpha value is -4.58. The van der Waals surface area contributed by atoms with Crippen molar-refractivity contribution in [2.75, 3.05) is 0 Å². The molecule has 6 heteroatoms. The fourth-order valence-corrected chi connectivity index (χ4v) is 3.43. The molecule has 0 saturated heterocycles. The number of nitrogens with zero attached hydrogens (tertiary/aromatic N) is 4. The summed E-state index contributed by atoms with van der Waals surface area (Å²) in [6, 6.07) is 30.9. The minimum atomic E-state index is -0.372. The molecule has 2 heterocycles. The first kappa shape index (κ1) is 19.4. The first-order chi connectivity index (χ1) is 15.8. The number of amides is 1. The van der Waals surface area contributed by atoms with E-state index >= 15 is 0 Å². The number of hydrogen-bond acceptors (Lipinski definition) is 4. The summed E-state index contributed by atoms with van der Waals surface area (Å²) in [6.45, 7) is 0. The van der Waals surface area contributed by atoms with Gasteiger partial charge in [0.05, 0.1) is 17.4 Å². The first-order valence-corrected chi connectivity index (χ1v) is 10.2. The molecule has 0 aliphatic heterocycles. The molecule has 0 bridgehead atoms. The molecule has 3 aromatic carbocycles. The van der Waals surface area contributed by atoms with Crippen molar-refractivity contribution < 1.29 is 4.79 Å². The summed E-state index contributed by atoms with van der Waals surface area (Å²) in [5.41, 5.74) is 7.10. The Labute approximate surface area is 184 Å². The second-order valence-corrected chi connectivity index (χ2v) is 7.17. The maximum Gasteiger partial charge on any atom is 0.289 e. The van der Waals surface area contributed by atoms with Gasteiger partial charge < -0.3 is 0 Å². The number of para-hydroxylation sites is 2. The highest BCUT2D eigenvalue weighted by Crippen LogP contribution is 2.22. The van der Waals surface area contributed by atoms with Crippen molar-refractivity contribution in [3.8, 4) is 16.9 Å². The van der Waals surface area contributed by atoms with E-state index in [1.807, 2.05) is 97.2 Å². The van der Waals surface area contributed by atoms with Gasteiger partial charge in [-0.25, -0.2) is 15.1 Å². The molecule has 0 spiro atoms. The Bertz CT molecular complexity index is 1410. The maximum atomic E-state index is 12.6. The molecular formula is C26H19N5O. The van der Waals surface area contributed by atoms with Crippen LogP contribution >= 0.6 is 0 Å². The lowest BCUT2D eigenvalue weighted by Gasteiger charge is -2.02. The first-order valence-electron chi connectivity index (χ1n) is 10.2. The normalized spacial score (nSPS) is 11.1. The van der Waals surface area contributed by atoms with Crippen molar-refractivity contribution in [1.29, 1.82) is 0 Å². The van der Waals surface area contributed by atoms with Crippen LogP contribution in [0, 0.1) is 0 Å². The average molecular weight is 417 g/mol. The fourth-order valence-electron chi connectivity index (χ4n) is 3.43. The van der Waals surface area contributed by atoms with E-state index in [9.17, 15) is 4.79 Å². The minimum Gasteiger partial charge on any atom is -0.266 e. The van der Waals surface area contributed by atoms with E-state index < -0.39 is 0 Å². The van der Waals surface area contributed by atoms with Crippen molar-refractivity contribution in [3.05, 3.63) is 115 Å². The molecule has 6 nitrogen and oxygen atoms in total. The van der Waals surface area contributed by atoms with E-state index in [0.717, 1.165) is 33.4 Å². The predicted molar refractivity (Wildman–Crippen MR) is 126 cm³/mol. The molecule has 0 atom stereocenters. The topological polar surface area (TPSA) is 72.2 Å². The summed E-state index contributed by atoms with van der Waals surface area (Å²) in [5, 5.41) is 9.89. The van der Waals surface area contributed by atoms with Gasteiger partial charge in [-0.1, -0.05) is 72.8 Å². The van der Waals surface area contributed by atoms with Crippen molar-refractivity contribution in [1.82, 2.24) is 20.2 Å². The SMILES string of the molecule is O=C(N/N=C/c1cn(-c2ccccc2)nc1-c1ccccc1)c1ccc2ccccc2n1. The summed E-state index contributed by atoms with van der Waals surface area (Å²) in [4.78, 5) is 17.0. The largest absolute Gasteiger partial charge is 0.289 e. The molecule has 32 heavy (non-hydrogen) atoms. The van der Waals surface area contributed by atoms with Crippen LogP contribution in [-0.4, -0.2) is 26.9 Å². The van der Waals surface area contributed by atoms with Crippen LogP contribution in [0.5, 0.6) is 0 Å². The molecule has 0 aliphatic carbocycles. The number of aromatic nitrogens is 3. The van der Waals surface area contributed by atoms with Gasteiger partial charge in [0, 0.05) is 22.7 Å². The van der Waals surface area contributed by atoms with Gasteiger partial charge in [0.1, 0.15) is 11.4 Å². The Kier molecular flexibility index (Phi) is 5.24. The third-order valence-corrected chi connectivity index (χ3v) is 5.01. The second-order valence-electron chi connectivity index (χ2n) is 7.17. The highest BCUT2D eigenvalue weighted by atomic mass is 16.2. The number of hydrogen-bond donors (Lipinski definition) is 1. The zero-order valence-electron chi connectivity index (χ0n) is 17.1. The Balaban J connectivity index is 1.42. The summed E-state index contributed by atoms with van der Waals surface area (Å²) in [6.07, 6.45) is 3.50. The summed E-state index contributed by atoms with van der Waals surface area (Å²) >= 11 is 0. The number of hydrazone groups is 1. The third kappa shape index (κ3) is 4.02. The van der Waals surface area contributed by atoms with Crippen LogP contribution in [0.15, 0.2) is 108 Å². The van der Waals surface area contributed by atoms with Crippen LogP contribution in [0.4, 0.5) is 0 Å². The van der Waals surface area contributed by atoms with Gasteiger partial charge in [-0.05, 0) is 24.3 Å². The van der Waals surface area contributed by atoms with E-state index in [1.165, 1.54) is 0 Å². The van der Waals surface area contributed by atoms with E-state index in [0.29, 0.717) is 5.69 Å². The van der Waals surface area contributed by atoms with Crippen LogP contribution in [0.2, 0.25) is 0 Å². The van der Waals surface area contributed by atoms with E-state index in [1.54, 1.807) is 17.0 Å². The predicted octanol–water partition coefficient (Wildman–Crippen LogP) is 4.85. The van der Waals surface area contributed by atoms with Crippen molar-refractivity contribution >= 4 is 23.0 Å². The van der Waals surface area contributed by atoms with Gasteiger partial charge in [-0.3, -0.25) is 4.79 Å². The Morgan fingerprint density at radius 2 is 1.56 bits per heavy atom. The van der Waals surface area contributed by atoms with Crippen LogP contribution in [0.25, 0.3) is 27.8 Å². The lowest BCUT2D eigenvalue weighted by molar-refractivity contribution is 0.0950. The Morgan fingerprint density at radius 3 is 2.38 bits per heavy atom. The number of carbonyl (C=O) groups excluding carboxylic acids is 1. The molecule has 1 N–H and O–H groups in total. The average Bonchev–Trinajstić information content (AvgIpc) is 3.29. The molecular weight excluding hydrogens is 398 g/mol. The molecule has 5 rings (SSSR count). The summed E-state index contributed by atoms with van der Waals surface area (Å²) in [7, 11) is 0. The summed E-state index contributed by atoms with van der Waals surface area (Å²) in [5.74, 6) is -0.372. The van der Waals surface area contributed by atoms with Crippen LogP contribution in [-0.2, 0) is 0 Å². The standard InChI is InChI=1S/C26H19N5O/c32-26(24-16-15-19-9-7-8-14-23(19)28-24)29-27-17-21-18-31(22-12-5-2-6-13-22)30-25(21)20-10-3-1-4-11-20/h1-18H,(H,29,32)/b27-17+. The van der Waals surface area contributed by atoms with E-state index in [2.05, 4.69) is 15.5 Å². The van der Waals surface area contributed by atoms with Gasteiger partial charge in [-0.15, -0.1) is 0 Å². The lowest BCUT2D eigenvalue weighted by Crippen LogP contribution is -2.18. The number of rotatable bonds is 5. The maximum absolute atomic E-state index is 12.6. The quantitative estimate of drug-likeness (QED) is 0.328. The van der Waals surface area contributed by atoms with Crippen LogP contribution in [0.1, 0.15) is 16.1 Å². The number of pyridine rings is 1. The van der Waals surface area contributed by atoms with Crippen molar-refractivity contribution in [3.63, 3.8) is 0 Å².